The molecule has 24 heavy (non-hydrogen) atoms. The topological polar surface area (TPSA) is 81.5 Å². The number of hydrogen-bond donors (Lipinski definition) is 1. The standard InChI is InChI=1S/C17H17ClN2O4/c1-2-12-3-6-14(7-4-12)24-10-9-17(21)19-15-8-5-13(18)11-16(15)20(22)23/h3-8,11H,2,9-10H2,1H3,(H,19,21). The fraction of sp³-hybridized carbons (Fsp3) is 0.235. The van der Waals surface area contributed by atoms with Crippen molar-refractivity contribution in [2.45, 2.75) is 19.8 Å². The normalized spacial score (nSPS) is 10.2. The van der Waals surface area contributed by atoms with Crippen molar-refractivity contribution in [1.82, 2.24) is 0 Å². The third kappa shape index (κ3) is 4.96. The second kappa shape index (κ2) is 8.31. The first-order chi connectivity index (χ1) is 11.5. The summed E-state index contributed by atoms with van der Waals surface area (Å²) in [7, 11) is 0. The maximum atomic E-state index is 11.9. The number of benzene rings is 2. The molecule has 0 heterocycles. The van der Waals surface area contributed by atoms with Crippen molar-refractivity contribution >= 4 is 28.9 Å². The predicted molar refractivity (Wildman–Crippen MR) is 92.7 cm³/mol. The molecule has 2 aromatic carbocycles. The summed E-state index contributed by atoms with van der Waals surface area (Å²) in [6.07, 6.45) is 1.03. The lowest BCUT2D eigenvalue weighted by atomic mass is 10.2. The molecule has 0 aliphatic rings. The summed E-state index contributed by atoms with van der Waals surface area (Å²) in [6, 6.07) is 11.7. The smallest absolute Gasteiger partial charge is 0.294 e. The number of aryl methyl sites for hydroxylation is 1. The van der Waals surface area contributed by atoms with Gasteiger partial charge in [0.25, 0.3) is 5.69 Å². The Morgan fingerprint density at radius 3 is 2.58 bits per heavy atom. The van der Waals surface area contributed by atoms with Gasteiger partial charge in [0.15, 0.2) is 0 Å². The van der Waals surface area contributed by atoms with E-state index in [2.05, 4.69) is 12.2 Å². The van der Waals surface area contributed by atoms with Crippen molar-refractivity contribution in [2.24, 2.45) is 0 Å². The SMILES string of the molecule is CCc1ccc(OCCC(=O)Nc2ccc(Cl)cc2[N+](=O)[O-])cc1. The minimum atomic E-state index is -0.590. The number of ether oxygens (including phenoxy) is 1. The lowest BCUT2D eigenvalue weighted by molar-refractivity contribution is -0.383. The zero-order valence-corrected chi connectivity index (χ0v) is 13.9. The summed E-state index contributed by atoms with van der Waals surface area (Å²) in [5.74, 6) is 0.308. The summed E-state index contributed by atoms with van der Waals surface area (Å²) < 4.78 is 5.49. The molecule has 0 fully saturated rings. The highest BCUT2D eigenvalue weighted by Crippen LogP contribution is 2.27. The lowest BCUT2D eigenvalue weighted by Crippen LogP contribution is -2.16. The summed E-state index contributed by atoms with van der Waals surface area (Å²) >= 11 is 5.73. The van der Waals surface area contributed by atoms with Crippen LogP contribution in [0.25, 0.3) is 0 Å². The Bertz CT molecular complexity index is 732. The number of nitrogens with zero attached hydrogens (tertiary/aromatic N) is 1. The average molecular weight is 349 g/mol. The lowest BCUT2D eigenvalue weighted by Gasteiger charge is -2.08. The number of nitro benzene ring substituents is 1. The van der Waals surface area contributed by atoms with Crippen LogP contribution in [0.4, 0.5) is 11.4 Å². The monoisotopic (exact) mass is 348 g/mol. The number of halogens is 1. The number of rotatable bonds is 7. The van der Waals surface area contributed by atoms with Crippen LogP contribution in [0, 0.1) is 10.1 Å². The van der Waals surface area contributed by atoms with Crippen molar-refractivity contribution in [3.63, 3.8) is 0 Å². The summed E-state index contributed by atoms with van der Waals surface area (Å²) in [6.45, 7) is 2.24. The van der Waals surface area contributed by atoms with Gasteiger partial charge in [-0.3, -0.25) is 14.9 Å². The predicted octanol–water partition coefficient (Wildman–Crippen LogP) is 4.22. The van der Waals surface area contributed by atoms with Crippen molar-refractivity contribution < 1.29 is 14.5 Å². The Kier molecular flexibility index (Phi) is 6.14. The van der Waals surface area contributed by atoms with Crippen molar-refractivity contribution in [2.75, 3.05) is 11.9 Å². The van der Waals surface area contributed by atoms with Gasteiger partial charge in [-0.15, -0.1) is 0 Å². The number of nitrogens with one attached hydrogen (secondary N) is 1. The zero-order chi connectivity index (χ0) is 17.5. The molecule has 6 nitrogen and oxygen atoms in total. The van der Waals surface area contributed by atoms with Crippen LogP contribution in [0.5, 0.6) is 5.75 Å². The van der Waals surface area contributed by atoms with Gasteiger partial charge in [-0.05, 0) is 36.2 Å². The third-order valence-corrected chi connectivity index (χ3v) is 3.60. The molecule has 0 saturated heterocycles. The van der Waals surface area contributed by atoms with Crippen LogP contribution in [0.15, 0.2) is 42.5 Å². The third-order valence-electron chi connectivity index (χ3n) is 3.36. The fourth-order valence-electron chi connectivity index (χ4n) is 2.06. The molecule has 0 unspecified atom stereocenters. The van der Waals surface area contributed by atoms with E-state index in [9.17, 15) is 14.9 Å². The van der Waals surface area contributed by atoms with E-state index in [0.717, 1.165) is 6.42 Å². The Morgan fingerprint density at radius 2 is 1.96 bits per heavy atom. The Morgan fingerprint density at radius 1 is 1.25 bits per heavy atom. The van der Waals surface area contributed by atoms with E-state index < -0.39 is 4.92 Å². The molecule has 0 aromatic heterocycles. The quantitative estimate of drug-likeness (QED) is 0.600. The van der Waals surface area contributed by atoms with Crippen molar-refractivity contribution in [3.8, 4) is 5.75 Å². The highest BCUT2D eigenvalue weighted by atomic mass is 35.5. The molecular formula is C17H17ClN2O4. The van der Waals surface area contributed by atoms with Gasteiger partial charge in [-0.25, -0.2) is 0 Å². The van der Waals surface area contributed by atoms with E-state index in [1.54, 1.807) is 0 Å². The largest absolute Gasteiger partial charge is 0.493 e. The number of amides is 1. The van der Waals surface area contributed by atoms with Crippen LogP contribution < -0.4 is 10.1 Å². The summed E-state index contributed by atoms with van der Waals surface area (Å²) in [4.78, 5) is 22.3. The van der Waals surface area contributed by atoms with Crippen LogP contribution >= 0.6 is 11.6 Å². The first-order valence-corrected chi connectivity index (χ1v) is 7.83. The number of nitro groups is 1. The maximum absolute atomic E-state index is 11.9. The molecule has 1 N–H and O–H groups in total. The molecule has 1 amide bonds. The van der Waals surface area contributed by atoms with E-state index >= 15 is 0 Å². The molecule has 2 rings (SSSR count). The van der Waals surface area contributed by atoms with Crippen LogP contribution in [0.1, 0.15) is 18.9 Å². The Labute approximate surface area is 144 Å². The summed E-state index contributed by atoms with van der Waals surface area (Å²) in [5.41, 5.74) is 1.07. The molecule has 0 radical (unpaired) electrons. The molecule has 0 atom stereocenters. The fourth-order valence-corrected chi connectivity index (χ4v) is 2.22. The molecule has 2 aromatic rings. The maximum Gasteiger partial charge on any atom is 0.294 e. The van der Waals surface area contributed by atoms with Crippen molar-refractivity contribution in [1.29, 1.82) is 0 Å². The van der Waals surface area contributed by atoms with Crippen LogP contribution in [-0.4, -0.2) is 17.4 Å². The van der Waals surface area contributed by atoms with E-state index in [0.29, 0.717) is 5.75 Å². The van der Waals surface area contributed by atoms with Gasteiger partial charge in [0, 0.05) is 11.1 Å². The van der Waals surface area contributed by atoms with Crippen LogP contribution in [0.2, 0.25) is 5.02 Å². The van der Waals surface area contributed by atoms with Gasteiger partial charge in [-0.2, -0.15) is 0 Å². The molecular weight excluding hydrogens is 332 g/mol. The average Bonchev–Trinajstić information content (AvgIpc) is 2.57. The molecule has 0 aliphatic heterocycles. The minimum absolute atomic E-state index is 0.0787. The van der Waals surface area contributed by atoms with Crippen molar-refractivity contribution in [3.05, 3.63) is 63.2 Å². The van der Waals surface area contributed by atoms with E-state index in [4.69, 9.17) is 16.3 Å². The Hall–Kier alpha value is -2.60. The highest BCUT2D eigenvalue weighted by Gasteiger charge is 2.16. The molecule has 0 saturated carbocycles. The second-order valence-electron chi connectivity index (χ2n) is 5.06. The van der Waals surface area contributed by atoms with E-state index in [1.807, 2.05) is 24.3 Å². The number of carbonyl (C=O) groups is 1. The Balaban J connectivity index is 1.88. The second-order valence-corrected chi connectivity index (χ2v) is 5.50. The van der Waals surface area contributed by atoms with Crippen LogP contribution in [-0.2, 0) is 11.2 Å². The molecule has 0 bridgehead atoms. The van der Waals surface area contributed by atoms with Gasteiger partial charge in [0.05, 0.1) is 18.0 Å². The molecule has 126 valence electrons. The number of carbonyl (C=O) groups excluding carboxylic acids is 1. The highest BCUT2D eigenvalue weighted by molar-refractivity contribution is 6.31. The van der Waals surface area contributed by atoms with Crippen LogP contribution in [0.3, 0.4) is 0 Å². The van der Waals surface area contributed by atoms with E-state index in [-0.39, 0.29) is 35.3 Å². The minimum Gasteiger partial charge on any atom is -0.493 e. The van der Waals surface area contributed by atoms with Gasteiger partial charge in [0.2, 0.25) is 5.91 Å². The first kappa shape index (κ1) is 17.7. The number of hydrogen-bond acceptors (Lipinski definition) is 4. The van der Waals surface area contributed by atoms with Gasteiger partial charge in [0.1, 0.15) is 11.4 Å². The summed E-state index contributed by atoms with van der Waals surface area (Å²) in [5, 5.41) is 13.7. The van der Waals surface area contributed by atoms with Gasteiger partial charge < -0.3 is 10.1 Å². The number of anilines is 1. The molecule has 7 heteroatoms. The van der Waals surface area contributed by atoms with E-state index in [1.165, 1.54) is 23.8 Å². The zero-order valence-electron chi connectivity index (χ0n) is 13.1. The van der Waals surface area contributed by atoms with Gasteiger partial charge >= 0.3 is 0 Å². The molecule has 0 spiro atoms. The first-order valence-electron chi connectivity index (χ1n) is 7.45. The van der Waals surface area contributed by atoms with Gasteiger partial charge in [-0.1, -0.05) is 30.7 Å². The molecule has 0 aliphatic carbocycles.